The number of benzene rings is 2. The number of aryl methyl sites for hydroxylation is 1. The van der Waals surface area contributed by atoms with Gasteiger partial charge in [-0.05, 0) is 48.4 Å². The molecule has 0 atom stereocenters. The predicted octanol–water partition coefficient (Wildman–Crippen LogP) is 6.20. The summed E-state index contributed by atoms with van der Waals surface area (Å²) in [6.07, 6.45) is -4.55. The first-order chi connectivity index (χ1) is 16.1. The fraction of sp³-hybridized carbons (Fsp3) is 0.125. The van der Waals surface area contributed by atoms with Gasteiger partial charge in [0.25, 0.3) is 5.91 Å². The van der Waals surface area contributed by atoms with Crippen LogP contribution in [-0.2, 0) is 17.4 Å². The molecule has 2 aromatic heterocycles. The summed E-state index contributed by atoms with van der Waals surface area (Å²) in [6.45, 7) is 1.61. The van der Waals surface area contributed by atoms with Crippen molar-refractivity contribution in [3.05, 3.63) is 88.2 Å². The van der Waals surface area contributed by atoms with E-state index in [0.717, 1.165) is 29.0 Å². The molecule has 0 radical (unpaired) electrons. The molecule has 10 heteroatoms. The second-order valence-electron chi connectivity index (χ2n) is 7.46. The standard InChI is InChI=1S/C24H17F4N3O2S/c1-13-16-8-10-19(24(26,27)28)31-23(16)34-21(13)22(33)29-15-7-9-17(25)18(12-15)30-20(32)11-14-5-3-2-4-6-14/h2-10,12H,11H2,1H3,(H,29,33)(H,30,32). The fourth-order valence-corrected chi connectivity index (χ4v) is 4.41. The Hall–Kier alpha value is -3.79. The van der Waals surface area contributed by atoms with E-state index in [9.17, 15) is 27.2 Å². The minimum atomic E-state index is -4.59. The van der Waals surface area contributed by atoms with E-state index in [2.05, 4.69) is 15.6 Å². The zero-order valence-corrected chi connectivity index (χ0v) is 18.5. The maximum atomic E-state index is 14.2. The van der Waals surface area contributed by atoms with Gasteiger partial charge in [-0.1, -0.05) is 30.3 Å². The van der Waals surface area contributed by atoms with Gasteiger partial charge in [0.05, 0.1) is 17.0 Å². The van der Waals surface area contributed by atoms with E-state index < -0.39 is 29.5 Å². The Morgan fingerprint density at radius 3 is 2.44 bits per heavy atom. The maximum Gasteiger partial charge on any atom is 0.433 e. The molecule has 2 amide bonds. The van der Waals surface area contributed by atoms with Gasteiger partial charge in [-0.3, -0.25) is 9.59 Å². The lowest BCUT2D eigenvalue weighted by atomic mass is 10.1. The van der Waals surface area contributed by atoms with E-state index in [1.807, 2.05) is 6.07 Å². The first kappa shape index (κ1) is 23.4. The average molecular weight is 487 g/mol. The lowest BCUT2D eigenvalue weighted by molar-refractivity contribution is -0.140. The van der Waals surface area contributed by atoms with Crippen molar-refractivity contribution in [1.82, 2.24) is 4.98 Å². The number of amides is 2. The third kappa shape index (κ3) is 5.07. The molecule has 2 aromatic carbocycles. The van der Waals surface area contributed by atoms with Crippen molar-refractivity contribution in [2.45, 2.75) is 19.5 Å². The van der Waals surface area contributed by atoms with Gasteiger partial charge >= 0.3 is 6.18 Å². The van der Waals surface area contributed by atoms with Gasteiger partial charge < -0.3 is 10.6 Å². The minimum absolute atomic E-state index is 0.0464. The normalized spacial score (nSPS) is 11.4. The molecule has 2 heterocycles. The number of nitrogens with one attached hydrogen (secondary N) is 2. The second kappa shape index (κ2) is 9.22. The molecule has 0 aliphatic carbocycles. The predicted molar refractivity (Wildman–Crippen MR) is 122 cm³/mol. The van der Waals surface area contributed by atoms with Crippen molar-refractivity contribution in [2.75, 3.05) is 10.6 Å². The highest BCUT2D eigenvalue weighted by Crippen LogP contribution is 2.34. The first-order valence-electron chi connectivity index (χ1n) is 10.0. The molecular weight excluding hydrogens is 470 g/mol. The Labute approximate surface area is 195 Å². The molecule has 0 unspecified atom stereocenters. The van der Waals surface area contributed by atoms with Gasteiger partial charge in [0.15, 0.2) is 0 Å². The number of nitrogens with zero attached hydrogens (tertiary/aromatic N) is 1. The summed E-state index contributed by atoms with van der Waals surface area (Å²) >= 11 is 0.834. The Balaban J connectivity index is 1.52. The number of rotatable bonds is 5. The van der Waals surface area contributed by atoms with E-state index in [1.165, 1.54) is 18.2 Å². The molecule has 0 saturated heterocycles. The summed E-state index contributed by atoms with van der Waals surface area (Å²) in [6, 6.07) is 14.8. The number of anilines is 2. The topological polar surface area (TPSA) is 71.1 Å². The summed E-state index contributed by atoms with van der Waals surface area (Å²) in [5.41, 5.74) is 0.303. The smallest absolute Gasteiger partial charge is 0.323 e. The summed E-state index contributed by atoms with van der Waals surface area (Å²) < 4.78 is 53.1. The molecule has 0 saturated carbocycles. The molecule has 0 bridgehead atoms. The lowest BCUT2D eigenvalue weighted by Crippen LogP contribution is -2.16. The van der Waals surface area contributed by atoms with Crippen LogP contribution in [0.5, 0.6) is 0 Å². The molecule has 0 aliphatic heterocycles. The van der Waals surface area contributed by atoms with Crippen molar-refractivity contribution in [3.8, 4) is 0 Å². The molecule has 4 aromatic rings. The van der Waals surface area contributed by atoms with E-state index >= 15 is 0 Å². The fourth-order valence-electron chi connectivity index (χ4n) is 3.34. The van der Waals surface area contributed by atoms with Gasteiger partial charge in [-0.2, -0.15) is 13.2 Å². The van der Waals surface area contributed by atoms with Gasteiger partial charge in [0.2, 0.25) is 5.91 Å². The van der Waals surface area contributed by atoms with Crippen molar-refractivity contribution in [2.24, 2.45) is 0 Å². The third-order valence-corrected chi connectivity index (χ3v) is 6.21. The van der Waals surface area contributed by atoms with Crippen LogP contribution in [0.3, 0.4) is 0 Å². The maximum absolute atomic E-state index is 14.2. The van der Waals surface area contributed by atoms with E-state index in [4.69, 9.17) is 0 Å². The van der Waals surface area contributed by atoms with Crippen molar-refractivity contribution in [3.63, 3.8) is 0 Å². The SMILES string of the molecule is Cc1c(C(=O)Nc2ccc(F)c(NC(=O)Cc3ccccc3)c2)sc2nc(C(F)(F)F)ccc12. The van der Waals surface area contributed by atoms with Crippen LogP contribution in [0.25, 0.3) is 10.2 Å². The quantitative estimate of drug-likeness (QED) is 0.330. The largest absolute Gasteiger partial charge is 0.433 e. The van der Waals surface area contributed by atoms with E-state index in [0.29, 0.717) is 10.9 Å². The van der Waals surface area contributed by atoms with E-state index in [1.54, 1.807) is 31.2 Å². The third-order valence-electron chi connectivity index (χ3n) is 5.01. The van der Waals surface area contributed by atoms with Crippen LogP contribution < -0.4 is 10.6 Å². The molecule has 34 heavy (non-hydrogen) atoms. The van der Waals surface area contributed by atoms with Crippen LogP contribution >= 0.6 is 11.3 Å². The summed E-state index contributed by atoms with van der Waals surface area (Å²) in [7, 11) is 0. The van der Waals surface area contributed by atoms with Gasteiger partial charge in [0.1, 0.15) is 16.3 Å². The Morgan fingerprint density at radius 2 is 1.74 bits per heavy atom. The Kier molecular flexibility index (Phi) is 6.34. The number of hydrogen-bond donors (Lipinski definition) is 2. The number of thiophene rings is 1. The van der Waals surface area contributed by atoms with Gasteiger partial charge in [-0.25, -0.2) is 9.37 Å². The van der Waals surface area contributed by atoms with Gasteiger partial charge in [0, 0.05) is 11.1 Å². The zero-order chi connectivity index (χ0) is 24.5. The molecule has 0 spiro atoms. The molecule has 2 N–H and O–H groups in total. The van der Waals surface area contributed by atoms with Crippen LogP contribution in [0.15, 0.2) is 60.7 Å². The number of alkyl halides is 3. The molecule has 4 rings (SSSR count). The van der Waals surface area contributed by atoms with Crippen LogP contribution in [0.2, 0.25) is 0 Å². The van der Waals surface area contributed by atoms with Crippen molar-refractivity contribution >= 4 is 44.7 Å². The molecule has 5 nitrogen and oxygen atoms in total. The van der Waals surface area contributed by atoms with E-state index in [-0.39, 0.29) is 27.5 Å². The highest BCUT2D eigenvalue weighted by molar-refractivity contribution is 7.20. The highest BCUT2D eigenvalue weighted by Gasteiger charge is 2.33. The molecule has 174 valence electrons. The highest BCUT2D eigenvalue weighted by atomic mass is 32.1. The summed E-state index contributed by atoms with van der Waals surface area (Å²) in [5, 5.41) is 5.53. The number of carbonyl (C=O) groups is 2. The van der Waals surface area contributed by atoms with Crippen LogP contribution in [0, 0.1) is 12.7 Å². The first-order valence-corrected chi connectivity index (χ1v) is 10.9. The van der Waals surface area contributed by atoms with Crippen molar-refractivity contribution < 1.29 is 27.2 Å². The number of pyridine rings is 1. The monoisotopic (exact) mass is 487 g/mol. The average Bonchev–Trinajstić information content (AvgIpc) is 3.12. The second-order valence-corrected chi connectivity index (χ2v) is 8.46. The summed E-state index contributed by atoms with van der Waals surface area (Å²) in [5.74, 6) is -1.69. The Morgan fingerprint density at radius 1 is 1.00 bits per heavy atom. The van der Waals surface area contributed by atoms with Crippen LogP contribution in [-0.4, -0.2) is 16.8 Å². The van der Waals surface area contributed by atoms with Crippen LogP contribution in [0.1, 0.15) is 26.5 Å². The van der Waals surface area contributed by atoms with Crippen LogP contribution in [0.4, 0.5) is 28.9 Å². The lowest BCUT2D eigenvalue weighted by Gasteiger charge is -2.10. The number of carbonyl (C=O) groups excluding carboxylic acids is 2. The van der Waals surface area contributed by atoms with Gasteiger partial charge in [-0.15, -0.1) is 11.3 Å². The Bertz CT molecular complexity index is 1380. The number of aromatic nitrogens is 1. The molecular formula is C24H17F4N3O2S. The number of fused-ring (bicyclic) bond motifs is 1. The zero-order valence-electron chi connectivity index (χ0n) is 17.7. The number of hydrogen-bond acceptors (Lipinski definition) is 4. The minimum Gasteiger partial charge on any atom is -0.323 e. The van der Waals surface area contributed by atoms with Crippen molar-refractivity contribution in [1.29, 1.82) is 0 Å². The molecule has 0 fully saturated rings. The molecule has 0 aliphatic rings. The summed E-state index contributed by atoms with van der Waals surface area (Å²) in [4.78, 5) is 29.0. The number of halogens is 4.